The summed E-state index contributed by atoms with van der Waals surface area (Å²) in [6.45, 7) is 4.72. The van der Waals surface area contributed by atoms with E-state index < -0.39 is 0 Å². The number of anilines is 2. The van der Waals surface area contributed by atoms with Crippen LogP contribution in [-0.4, -0.2) is 22.4 Å². The Morgan fingerprint density at radius 3 is 2.43 bits per heavy atom. The first-order valence-electron chi connectivity index (χ1n) is 9.38. The van der Waals surface area contributed by atoms with Gasteiger partial charge < -0.3 is 15.4 Å². The molecule has 0 atom stereocenters. The minimum atomic E-state index is -0.277. The lowest BCUT2D eigenvalue weighted by Gasteiger charge is -2.10. The van der Waals surface area contributed by atoms with Crippen molar-refractivity contribution >= 4 is 17.4 Å². The summed E-state index contributed by atoms with van der Waals surface area (Å²) in [7, 11) is 0. The summed E-state index contributed by atoms with van der Waals surface area (Å²) in [5.41, 5.74) is 0.998. The van der Waals surface area contributed by atoms with Crippen LogP contribution in [-0.2, 0) is 0 Å². The molecule has 0 saturated heterocycles. The van der Waals surface area contributed by atoms with Crippen LogP contribution < -0.4 is 15.4 Å². The molecule has 28 heavy (non-hydrogen) atoms. The maximum atomic E-state index is 12.6. The summed E-state index contributed by atoms with van der Waals surface area (Å²) in [5, 5.41) is 6.09. The molecule has 0 bridgehead atoms. The third-order valence-electron chi connectivity index (χ3n) is 4.00. The Balaban J connectivity index is 1.64. The molecule has 0 aliphatic rings. The summed E-state index contributed by atoms with van der Waals surface area (Å²) < 4.78 is 5.76. The number of aromatic nitrogens is 2. The van der Waals surface area contributed by atoms with Gasteiger partial charge in [0.05, 0.1) is 0 Å². The number of ether oxygens (including phenoxy) is 1. The zero-order valence-corrected chi connectivity index (χ0v) is 16.1. The van der Waals surface area contributed by atoms with Gasteiger partial charge in [0.15, 0.2) is 0 Å². The van der Waals surface area contributed by atoms with E-state index in [1.165, 1.54) is 0 Å². The van der Waals surface area contributed by atoms with Gasteiger partial charge in [-0.1, -0.05) is 31.5 Å². The number of amides is 1. The van der Waals surface area contributed by atoms with Gasteiger partial charge in [-0.2, -0.15) is 0 Å². The Morgan fingerprint density at radius 2 is 1.71 bits per heavy atom. The van der Waals surface area contributed by atoms with E-state index >= 15 is 0 Å². The topological polar surface area (TPSA) is 76.1 Å². The van der Waals surface area contributed by atoms with Crippen LogP contribution >= 0.6 is 0 Å². The molecule has 0 saturated carbocycles. The average Bonchev–Trinajstić information content (AvgIpc) is 2.70. The Morgan fingerprint density at radius 1 is 1.00 bits per heavy atom. The monoisotopic (exact) mass is 376 g/mol. The molecule has 1 aromatic heterocycles. The number of rotatable bonds is 8. The molecule has 3 rings (SSSR count). The number of aryl methyl sites for hydroxylation is 1. The fourth-order valence-corrected chi connectivity index (χ4v) is 2.59. The second-order valence-electron chi connectivity index (χ2n) is 6.36. The zero-order chi connectivity index (χ0) is 19.8. The summed E-state index contributed by atoms with van der Waals surface area (Å²) in [6, 6.07) is 18.4. The van der Waals surface area contributed by atoms with E-state index in [4.69, 9.17) is 4.74 Å². The van der Waals surface area contributed by atoms with Crippen molar-refractivity contribution in [3.63, 3.8) is 0 Å². The highest BCUT2D eigenvalue weighted by Crippen LogP contribution is 2.23. The van der Waals surface area contributed by atoms with Crippen molar-refractivity contribution in [3.05, 3.63) is 72.2 Å². The lowest BCUT2D eigenvalue weighted by Crippen LogP contribution is -2.16. The number of hydrogen-bond acceptors (Lipinski definition) is 5. The molecular weight excluding hydrogens is 352 g/mol. The minimum absolute atomic E-state index is 0.277. The number of unbranched alkanes of at least 4 members (excludes halogenated alkanes) is 1. The van der Waals surface area contributed by atoms with Gasteiger partial charge in [-0.3, -0.25) is 4.79 Å². The Kier molecular flexibility index (Phi) is 6.57. The third-order valence-corrected chi connectivity index (χ3v) is 4.00. The molecule has 2 N–H and O–H groups in total. The molecule has 2 aromatic carbocycles. The lowest BCUT2D eigenvalue weighted by molar-refractivity contribution is 0.102. The van der Waals surface area contributed by atoms with Crippen LogP contribution in [0.5, 0.6) is 11.5 Å². The highest BCUT2D eigenvalue weighted by molar-refractivity contribution is 6.03. The van der Waals surface area contributed by atoms with E-state index in [0.717, 1.165) is 25.1 Å². The number of para-hydroxylation sites is 1. The van der Waals surface area contributed by atoms with Gasteiger partial charge in [-0.25, -0.2) is 9.97 Å². The van der Waals surface area contributed by atoms with Crippen molar-refractivity contribution in [2.24, 2.45) is 0 Å². The fourth-order valence-electron chi connectivity index (χ4n) is 2.59. The molecule has 0 spiro atoms. The van der Waals surface area contributed by atoms with E-state index in [1.54, 1.807) is 25.1 Å². The lowest BCUT2D eigenvalue weighted by atomic mass is 10.2. The molecule has 0 aliphatic heterocycles. The molecule has 1 amide bonds. The first kappa shape index (κ1) is 19.4. The zero-order valence-electron chi connectivity index (χ0n) is 16.1. The molecule has 0 radical (unpaired) electrons. The van der Waals surface area contributed by atoms with Crippen LogP contribution in [0.4, 0.5) is 11.5 Å². The standard InChI is InChI=1S/C22H24N4O2/c1-3-4-14-23-21-15-20(24-16(2)25-21)22(27)26-17-10-12-19(13-11-17)28-18-8-6-5-7-9-18/h5-13,15H,3-4,14H2,1-2H3,(H,26,27)(H,23,24,25). The Hall–Kier alpha value is -3.41. The van der Waals surface area contributed by atoms with Crippen LogP contribution in [0.3, 0.4) is 0 Å². The van der Waals surface area contributed by atoms with Gasteiger partial charge in [0.25, 0.3) is 5.91 Å². The van der Waals surface area contributed by atoms with Gasteiger partial charge in [0, 0.05) is 18.3 Å². The quantitative estimate of drug-likeness (QED) is 0.539. The van der Waals surface area contributed by atoms with Crippen molar-refractivity contribution in [3.8, 4) is 11.5 Å². The highest BCUT2D eigenvalue weighted by Gasteiger charge is 2.11. The van der Waals surface area contributed by atoms with Gasteiger partial charge in [-0.05, 0) is 49.7 Å². The van der Waals surface area contributed by atoms with Crippen molar-refractivity contribution in [2.45, 2.75) is 26.7 Å². The van der Waals surface area contributed by atoms with Gasteiger partial charge in [0.2, 0.25) is 0 Å². The number of carbonyl (C=O) groups excluding carboxylic acids is 1. The summed E-state index contributed by atoms with van der Waals surface area (Å²) >= 11 is 0. The van der Waals surface area contributed by atoms with Gasteiger partial charge in [-0.15, -0.1) is 0 Å². The molecule has 0 unspecified atom stereocenters. The van der Waals surface area contributed by atoms with E-state index in [9.17, 15) is 4.79 Å². The van der Waals surface area contributed by atoms with E-state index in [0.29, 0.717) is 28.8 Å². The third kappa shape index (κ3) is 5.54. The summed E-state index contributed by atoms with van der Waals surface area (Å²) in [4.78, 5) is 21.1. The highest BCUT2D eigenvalue weighted by atomic mass is 16.5. The maximum Gasteiger partial charge on any atom is 0.274 e. The molecule has 0 fully saturated rings. The van der Waals surface area contributed by atoms with Crippen molar-refractivity contribution < 1.29 is 9.53 Å². The predicted molar refractivity (Wildman–Crippen MR) is 111 cm³/mol. The molecule has 6 heteroatoms. The van der Waals surface area contributed by atoms with E-state index in [2.05, 4.69) is 27.5 Å². The van der Waals surface area contributed by atoms with Crippen LogP contribution in [0.1, 0.15) is 36.1 Å². The number of nitrogens with one attached hydrogen (secondary N) is 2. The van der Waals surface area contributed by atoms with E-state index in [-0.39, 0.29) is 5.91 Å². The first-order valence-corrected chi connectivity index (χ1v) is 9.38. The number of nitrogens with zero attached hydrogens (tertiary/aromatic N) is 2. The van der Waals surface area contributed by atoms with Gasteiger partial charge >= 0.3 is 0 Å². The van der Waals surface area contributed by atoms with Crippen LogP contribution in [0, 0.1) is 6.92 Å². The Bertz CT molecular complexity index is 912. The fraction of sp³-hybridized carbons (Fsp3) is 0.227. The Labute approximate surface area is 165 Å². The van der Waals surface area contributed by atoms with Crippen LogP contribution in [0.2, 0.25) is 0 Å². The van der Waals surface area contributed by atoms with E-state index in [1.807, 2.05) is 42.5 Å². The van der Waals surface area contributed by atoms with Crippen LogP contribution in [0.15, 0.2) is 60.7 Å². The largest absolute Gasteiger partial charge is 0.457 e. The second-order valence-corrected chi connectivity index (χ2v) is 6.36. The number of benzene rings is 2. The van der Waals surface area contributed by atoms with Crippen molar-refractivity contribution in [1.29, 1.82) is 0 Å². The molecule has 0 aliphatic carbocycles. The smallest absolute Gasteiger partial charge is 0.274 e. The summed E-state index contributed by atoms with van der Waals surface area (Å²) in [5.74, 6) is 2.40. The molecule has 1 heterocycles. The average molecular weight is 376 g/mol. The second kappa shape index (κ2) is 9.50. The minimum Gasteiger partial charge on any atom is -0.457 e. The molecule has 144 valence electrons. The predicted octanol–water partition coefficient (Wildman–Crippen LogP) is 5.04. The number of carbonyl (C=O) groups is 1. The molecule has 3 aromatic rings. The molecule has 6 nitrogen and oxygen atoms in total. The normalized spacial score (nSPS) is 10.4. The van der Waals surface area contributed by atoms with Crippen molar-refractivity contribution in [2.75, 3.05) is 17.2 Å². The van der Waals surface area contributed by atoms with Crippen molar-refractivity contribution in [1.82, 2.24) is 9.97 Å². The SMILES string of the molecule is CCCCNc1cc(C(=O)Nc2ccc(Oc3ccccc3)cc2)nc(C)n1. The maximum absolute atomic E-state index is 12.6. The first-order chi connectivity index (χ1) is 13.6. The number of hydrogen-bond donors (Lipinski definition) is 2. The van der Waals surface area contributed by atoms with Gasteiger partial charge in [0.1, 0.15) is 28.8 Å². The molecular formula is C22H24N4O2. The summed E-state index contributed by atoms with van der Waals surface area (Å²) in [6.07, 6.45) is 2.14. The van der Waals surface area contributed by atoms with Crippen LogP contribution in [0.25, 0.3) is 0 Å².